The number of nitrogens with zero attached hydrogens (tertiary/aromatic N) is 7. The number of nitrogens with one attached hydrogen (secondary N) is 2. The summed E-state index contributed by atoms with van der Waals surface area (Å²) in [6, 6.07) is 13.3. The van der Waals surface area contributed by atoms with Crippen LogP contribution in [0, 0.1) is 10.1 Å². The van der Waals surface area contributed by atoms with Crippen LogP contribution in [0.5, 0.6) is 0 Å². The van der Waals surface area contributed by atoms with E-state index in [-0.39, 0.29) is 11.6 Å². The van der Waals surface area contributed by atoms with Gasteiger partial charge in [0.25, 0.3) is 5.69 Å². The minimum Gasteiger partial charge on any atom is -0.338 e. The number of aromatic nitrogens is 3. The van der Waals surface area contributed by atoms with Gasteiger partial charge in [0.15, 0.2) is 0 Å². The minimum atomic E-state index is -0.446. The van der Waals surface area contributed by atoms with Crippen molar-refractivity contribution in [2.75, 3.05) is 48.9 Å². The molecule has 0 spiro atoms. The van der Waals surface area contributed by atoms with Gasteiger partial charge in [0, 0.05) is 49.0 Å². The summed E-state index contributed by atoms with van der Waals surface area (Å²) in [6.07, 6.45) is 1.64. The molecule has 33 heavy (non-hydrogen) atoms. The minimum absolute atomic E-state index is 0.00761. The first kappa shape index (κ1) is 22.4. The maximum Gasteiger partial charge on any atom is 0.269 e. The summed E-state index contributed by atoms with van der Waals surface area (Å²) < 4.78 is 0. The van der Waals surface area contributed by atoms with Gasteiger partial charge in [-0.15, -0.1) is 0 Å². The number of non-ortho nitro benzene ring substituents is 1. The standard InChI is InChI=1S/C21H22ClN9O2/c1-29-10-12-30(13-11-29)21-26-19(24-17-6-8-18(9-7-17)31(32)33)25-20(27-21)28-23-14-15-2-4-16(22)5-3-15/h2-9,14H,10-13H2,1H3,(H2,24,25,26,27,28)/b23-14+. The van der Waals surface area contributed by atoms with E-state index in [4.69, 9.17) is 11.6 Å². The SMILES string of the molecule is CN1CCN(c2nc(N/N=C/c3ccc(Cl)cc3)nc(Nc3ccc([N+](=O)[O-])cc3)n2)CC1. The van der Waals surface area contributed by atoms with Crippen LogP contribution in [0.4, 0.5) is 29.2 Å². The number of likely N-dealkylation sites (N-methyl/N-ethyl adjacent to an activating group) is 1. The van der Waals surface area contributed by atoms with Gasteiger partial charge < -0.3 is 15.1 Å². The zero-order valence-electron chi connectivity index (χ0n) is 17.8. The molecule has 1 aliphatic rings. The Balaban J connectivity index is 1.55. The Kier molecular flexibility index (Phi) is 6.91. The van der Waals surface area contributed by atoms with Crippen LogP contribution in [0.25, 0.3) is 0 Å². The van der Waals surface area contributed by atoms with E-state index in [1.807, 2.05) is 12.1 Å². The zero-order chi connectivity index (χ0) is 23.2. The van der Waals surface area contributed by atoms with Crippen molar-refractivity contribution in [3.63, 3.8) is 0 Å². The van der Waals surface area contributed by atoms with Gasteiger partial charge in [0.2, 0.25) is 17.8 Å². The van der Waals surface area contributed by atoms with Gasteiger partial charge in [0.05, 0.1) is 11.1 Å². The molecule has 0 bridgehead atoms. The van der Waals surface area contributed by atoms with E-state index in [2.05, 4.69) is 47.6 Å². The fourth-order valence-corrected chi connectivity index (χ4v) is 3.25. The van der Waals surface area contributed by atoms with Crippen molar-refractivity contribution in [2.45, 2.75) is 0 Å². The third kappa shape index (κ3) is 6.11. The molecule has 2 aromatic carbocycles. The van der Waals surface area contributed by atoms with Crippen molar-refractivity contribution in [1.29, 1.82) is 0 Å². The number of nitro groups is 1. The van der Waals surface area contributed by atoms with Crippen LogP contribution >= 0.6 is 11.6 Å². The Hall–Kier alpha value is -3.83. The summed E-state index contributed by atoms with van der Waals surface area (Å²) in [6.45, 7) is 3.36. The predicted octanol–water partition coefficient (Wildman–Crippen LogP) is 3.37. The molecule has 170 valence electrons. The Morgan fingerprint density at radius 3 is 2.33 bits per heavy atom. The van der Waals surface area contributed by atoms with Crippen LogP contribution in [0.1, 0.15) is 5.56 Å². The second-order valence-corrected chi connectivity index (χ2v) is 7.86. The number of anilines is 4. The molecule has 0 amide bonds. The highest BCUT2D eigenvalue weighted by atomic mass is 35.5. The van der Waals surface area contributed by atoms with Crippen LogP contribution in [0.15, 0.2) is 53.6 Å². The molecule has 0 aliphatic carbocycles. The predicted molar refractivity (Wildman–Crippen MR) is 129 cm³/mol. The molecule has 1 aromatic heterocycles. The topological polar surface area (TPSA) is 125 Å². The highest BCUT2D eigenvalue weighted by Gasteiger charge is 2.18. The number of halogens is 1. The highest BCUT2D eigenvalue weighted by Crippen LogP contribution is 2.21. The molecule has 0 saturated carbocycles. The van der Waals surface area contributed by atoms with Crippen molar-refractivity contribution >= 4 is 47.0 Å². The number of nitro benzene ring substituents is 1. The lowest BCUT2D eigenvalue weighted by Crippen LogP contribution is -2.45. The molecule has 12 heteroatoms. The normalized spacial score (nSPS) is 14.4. The highest BCUT2D eigenvalue weighted by molar-refractivity contribution is 6.30. The van der Waals surface area contributed by atoms with Crippen LogP contribution in [0.3, 0.4) is 0 Å². The van der Waals surface area contributed by atoms with E-state index in [0.29, 0.717) is 22.6 Å². The van der Waals surface area contributed by atoms with Crippen molar-refractivity contribution in [3.05, 3.63) is 69.2 Å². The number of hydrogen-bond acceptors (Lipinski definition) is 10. The summed E-state index contributed by atoms with van der Waals surface area (Å²) in [5.74, 6) is 1.09. The Morgan fingerprint density at radius 1 is 1.00 bits per heavy atom. The first-order valence-electron chi connectivity index (χ1n) is 10.2. The molecule has 1 fully saturated rings. The van der Waals surface area contributed by atoms with Gasteiger partial charge in [-0.3, -0.25) is 10.1 Å². The van der Waals surface area contributed by atoms with E-state index < -0.39 is 4.92 Å². The Morgan fingerprint density at radius 2 is 1.67 bits per heavy atom. The molecule has 4 rings (SSSR count). The molecule has 2 N–H and O–H groups in total. The fraction of sp³-hybridized carbons (Fsp3) is 0.238. The molecular formula is C21H22ClN9O2. The molecule has 3 aromatic rings. The fourth-order valence-electron chi connectivity index (χ4n) is 3.13. The second-order valence-electron chi connectivity index (χ2n) is 7.42. The molecule has 0 atom stereocenters. The van der Waals surface area contributed by atoms with Crippen molar-refractivity contribution in [2.24, 2.45) is 5.10 Å². The first-order valence-corrected chi connectivity index (χ1v) is 10.6. The lowest BCUT2D eigenvalue weighted by molar-refractivity contribution is -0.384. The van der Waals surface area contributed by atoms with Gasteiger partial charge in [-0.1, -0.05) is 23.7 Å². The van der Waals surface area contributed by atoms with Crippen LogP contribution < -0.4 is 15.6 Å². The summed E-state index contributed by atoms with van der Waals surface area (Å²) in [5.41, 5.74) is 4.34. The molecule has 1 aliphatic heterocycles. The second kappa shape index (κ2) is 10.2. The van der Waals surface area contributed by atoms with Gasteiger partial charge >= 0.3 is 0 Å². The third-order valence-electron chi connectivity index (χ3n) is 4.99. The summed E-state index contributed by atoms with van der Waals surface area (Å²) in [7, 11) is 2.07. The lowest BCUT2D eigenvalue weighted by atomic mass is 10.2. The maximum atomic E-state index is 10.9. The monoisotopic (exact) mass is 467 g/mol. The van der Waals surface area contributed by atoms with E-state index in [1.54, 1.807) is 30.5 Å². The van der Waals surface area contributed by atoms with Crippen LogP contribution in [-0.4, -0.2) is 64.2 Å². The summed E-state index contributed by atoms with van der Waals surface area (Å²) >= 11 is 5.91. The Bertz CT molecular complexity index is 1130. The molecular weight excluding hydrogens is 446 g/mol. The Labute approximate surface area is 195 Å². The van der Waals surface area contributed by atoms with Gasteiger partial charge in [-0.05, 0) is 36.9 Å². The quantitative estimate of drug-likeness (QED) is 0.305. The number of hydrogen-bond donors (Lipinski definition) is 2. The lowest BCUT2D eigenvalue weighted by Gasteiger charge is -2.32. The van der Waals surface area contributed by atoms with Crippen molar-refractivity contribution < 1.29 is 4.92 Å². The maximum absolute atomic E-state index is 10.9. The zero-order valence-corrected chi connectivity index (χ0v) is 18.6. The van der Waals surface area contributed by atoms with Crippen LogP contribution in [-0.2, 0) is 0 Å². The van der Waals surface area contributed by atoms with Crippen LogP contribution in [0.2, 0.25) is 5.02 Å². The largest absolute Gasteiger partial charge is 0.338 e. The van der Waals surface area contributed by atoms with Gasteiger partial charge in [-0.2, -0.15) is 20.1 Å². The molecule has 2 heterocycles. The van der Waals surface area contributed by atoms with E-state index in [9.17, 15) is 10.1 Å². The van der Waals surface area contributed by atoms with Crippen molar-refractivity contribution in [3.8, 4) is 0 Å². The average Bonchev–Trinajstić information content (AvgIpc) is 2.81. The molecule has 1 saturated heterocycles. The summed E-state index contributed by atoms with van der Waals surface area (Å²) in [4.78, 5) is 28.2. The van der Waals surface area contributed by atoms with E-state index in [1.165, 1.54) is 12.1 Å². The number of benzene rings is 2. The third-order valence-corrected chi connectivity index (χ3v) is 5.24. The van der Waals surface area contributed by atoms with Crippen molar-refractivity contribution in [1.82, 2.24) is 19.9 Å². The van der Waals surface area contributed by atoms with Gasteiger partial charge in [0.1, 0.15) is 0 Å². The van der Waals surface area contributed by atoms with E-state index >= 15 is 0 Å². The van der Waals surface area contributed by atoms with Gasteiger partial charge in [-0.25, -0.2) is 5.43 Å². The number of hydrazone groups is 1. The first-order chi connectivity index (χ1) is 16.0. The summed E-state index contributed by atoms with van der Waals surface area (Å²) in [5, 5.41) is 18.8. The number of rotatable bonds is 7. The molecule has 0 unspecified atom stereocenters. The molecule has 11 nitrogen and oxygen atoms in total. The van der Waals surface area contributed by atoms with E-state index in [0.717, 1.165) is 31.7 Å². The molecule has 0 radical (unpaired) electrons. The average molecular weight is 468 g/mol. The number of piperazine rings is 1. The smallest absolute Gasteiger partial charge is 0.269 e.